The highest BCUT2D eigenvalue weighted by molar-refractivity contribution is 7.17. The first kappa shape index (κ1) is 18.8. The van der Waals surface area contributed by atoms with Crippen molar-refractivity contribution in [1.82, 2.24) is 9.97 Å². The van der Waals surface area contributed by atoms with Gasteiger partial charge in [-0.05, 0) is 42.0 Å². The van der Waals surface area contributed by atoms with Gasteiger partial charge in [-0.15, -0.1) is 11.3 Å². The summed E-state index contributed by atoms with van der Waals surface area (Å²) in [4.78, 5) is 20.4. The van der Waals surface area contributed by atoms with Crippen LogP contribution in [0.15, 0.2) is 60.2 Å². The van der Waals surface area contributed by atoms with E-state index in [-0.39, 0.29) is 19.0 Å². The van der Waals surface area contributed by atoms with E-state index in [0.29, 0.717) is 17.2 Å². The Labute approximate surface area is 169 Å². The number of amides is 1. The van der Waals surface area contributed by atoms with Crippen LogP contribution in [0.3, 0.4) is 0 Å². The van der Waals surface area contributed by atoms with Gasteiger partial charge in [0.15, 0.2) is 0 Å². The summed E-state index contributed by atoms with van der Waals surface area (Å²) in [6, 6.07) is 12.9. The smallest absolute Gasteiger partial charge is 0.248 e. The van der Waals surface area contributed by atoms with Crippen molar-refractivity contribution < 1.29 is 18.7 Å². The quantitative estimate of drug-likeness (QED) is 0.465. The van der Waals surface area contributed by atoms with Crippen LogP contribution in [-0.2, 0) is 0 Å². The average molecular weight is 409 g/mol. The summed E-state index contributed by atoms with van der Waals surface area (Å²) in [6.07, 6.45) is 1.44. The van der Waals surface area contributed by atoms with Crippen molar-refractivity contribution >= 4 is 27.5 Å². The SMILES string of the molecule is NC(=O)c1ccc(OCCOc2ncnc3scc(-c4cccc(F)c4)c23)cc1. The molecular formula is C21H16FN3O3S. The molecule has 4 rings (SSSR count). The Hall–Kier alpha value is -3.52. The third-order valence-electron chi connectivity index (χ3n) is 4.20. The second-order valence-electron chi connectivity index (χ2n) is 6.10. The fraction of sp³-hybridized carbons (Fsp3) is 0.0952. The fourth-order valence-electron chi connectivity index (χ4n) is 2.84. The van der Waals surface area contributed by atoms with Gasteiger partial charge in [-0.1, -0.05) is 12.1 Å². The number of fused-ring (bicyclic) bond motifs is 1. The molecule has 0 atom stereocenters. The summed E-state index contributed by atoms with van der Waals surface area (Å²) >= 11 is 1.45. The van der Waals surface area contributed by atoms with Crippen molar-refractivity contribution in [3.8, 4) is 22.8 Å². The van der Waals surface area contributed by atoms with Crippen LogP contribution in [0.25, 0.3) is 21.3 Å². The molecule has 0 aliphatic carbocycles. The molecule has 146 valence electrons. The summed E-state index contributed by atoms with van der Waals surface area (Å²) in [6.45, 7) is 0.531. The number of rotatable bonds is 7. The summed E-state index contributed by atoms with van der Waals surface area (Å²) in [5, 5.41) is 2.66. The Morgan fingerprint density at radius 3 is 2.62 bits per heavy atom. The van der Waals surface area contributed by atoms with E-state index < -0.39 is 5.91 Å². The molecule has 2 aromatic carbocycles. The Balaban J connectivity index is 1.47. The minimum absolute atomic E-state index is 0.252. The zero-order valence-corrected chi connectivity index (χ0v) is 16.0. The van der Waals surface area contributed by atoms with Gasteiger partial charge in [0.2, 0.25) is 11.8 Å². The predicted octanol–water partition coefficient (Wildman–Crippen LogP) is 4.05. The van der Waals surface area contributed by atoms with Crippen molar-refractivity contribution in [3.63, 3.8) is 0 Å². The summed E-state index contributed by atoms with van der Waals surface area (Å²) in [5.41, 5.74) is 7.19. The first-order chi connectivity index (χ1) is 14.1. The molecule has 0 radical (unpaired) electrons. The molecule has 2 aromatic heterocycles. The standard InChI is InChI=1S/C21H16FN3O3S/c22-15-3-1-2-14(10-15)17-11-29-21-18(17)20(24-12-25-21)28-9-8-27-16-6-4-13(5-7-16)19(23)26/h1-7,10-12H,8-9H2,(H2,23,26). The van der Waals surface area contributed by atoms with Crippen molar-refractivity contribution in [2.75, 3.05) is 13.2 Å². The number of thiophene rings is 1. The summed E-state index contributed by atoms with van der Waals surface area (Å²) in [5.74, 6) is 0.222. The molecule has 8 heteroatoms. The molecule has 0 saturated heterocycles. The second-order valence-corrected chi connectivity index (χ2v) is 6.96. The van der Waals surface area contributed by atoms with Crippen LogP contribution in [0.5, 0.6) is 11.6 Å². The molecule has 4 aromatic rings. The van der Waals surface area contributed by atoms with Gasteiger partial charge >= 0.3 is 0 Å². The monoisotopic (exact) mass is 409 g/mol. The fourth-order valence-corrected chi connectivity index (χ4v) is 3.75. The number of hydrogen-bond donors (Lipinski definition) is 1. The molecule has 0 aliphatic heterocycles. The van der Waals surface area contributed by atoms with Crippen LogP contribution in [0.4, 0.5) is 4.39 Å². The van der Waals surface area contributed by atoms with Crippen LogP contribution in [0.1, 0.15) is 10.4 Å². The lowest BCUT2D eigenvalue weighted by molar-refractivity contribution is 0.1000. The van der Waals surface area contributed by atoms with Crippen LogP contribution < -0.4 is 15.2 Å². The second kappa shape index (κ2) is 8.24. The maximum absolute atomic E-state index is 13.6. The lowest BCUT2D eigenvalue weighted by Gasteiger charge is -2.09. The number of benzene rings is 2. The summed E-state index contributed by atoms with van der Waals surface area (Å²) in [7, 11) is 0. The molecule has 0 fully saturated rings. The van der Waals surface area contributed by atoms with E-state index in [1.165, 1.54) is 29.8 Å². The molecule has 2 N–H and O–H groups in total. The zero-order chi connectivity index (χ0) is 20.2. The van der Waals surface area contributed by atoms with Gasteiger partial charge in [0.1, 0.15) is 35.9 Å². The Morgan fingerprint density at radius 1 is 1.07 bits per heavy atom. The molecule has 0 bridgehead atoms. The molecule has 2 heterocycles. The first-order valence-electron chi connectivity index (χ1n) is 8.75. The van der Waals surface area contributed by atoms with Gasteiger partial charge in [0.05, 0.1) is 5.39 Å². The number of halogens is 1. The first-order valence-corrected chi connectivity index (χ1v) is 9.63. The Bertz CT molecular complexity index is 1160. The average Bonchev–Trinajstić information content (AvgIpc) is 3.16. The number of carbonyl (C=O) groups is 1. The van der Waals surface area contributed by atoms with Crippen LogP contribution >= 0.6 is 11.3 Å². The van der Waals surface area contributed by atoms with E-state index in [1.807, 2.05) is 11.4 Å². The number of nitrogens with zero attached hydrogens (tertiary/aromatic N) is 2. The maximum atomic E-state index is 13.6. The van der Waals surface area contributed by atoms with Crippen molar-refractivity contribution in [1.29, 1.82) is 0 Å². The van der Waals surface area contributed by atoms with Crippen LogP contribution in [-0.4, -0.2) is 29.1 Å². The van der Waals surface area contributed by atoms with Gasteiger partial charge in [-0.3, -0.25) is 4.79 Å². The number of nitrogens with two attached hydrogens (primary N) is 1. The van der Waals surface area contributed by atoms with E-state index in [9.17, 15) is 9.18 Å². The molecule has 0 spiro atoms. The minimum Gasteiger partial charge on any atom is -0.490 e. The molecule has 1 amide bonds. The van der Waals surface area contributed by atoms with Gasteiger partial charge in [0.25, 0.3) is 0 Å². The number of primary amides is 1. The highest BCUT2D eigenvalue weighted by atomic mass is 32.1. The van der Waals surface area contributed by atoms with E-state index in [0.717, 1.165) is 21.3 Å². The highest BCUT2D eigenvalue weighted by Gasteiger charge is 2.14. The molecule has 0 unspecified atom stereocenters. The topological polar surface area (TPSA) is 87.3 Å². The third-order valence-corrected chi connectivity index (χ3v) is 5.09. The van der Waals surface area contributed by atoms with Crippen molar-refractivity contribution in [2.45, 2.75) is 0 Å². The largest absolute Gasteiger partial charge is 0.490 e. The number of aromatic nitrogens is 2. The zero-order valence-electron chi connectivity index (χ0n) is 15.2. The Kier molecular flexibility index (Phi) is 5.35. The number of hydrogen-bond acceptors (Lipinski definition) is 6. The third kappa shape index (κ3) is 4.17. The van der Waals surface area contributed by atoms with Crippen LogP contribution in [0.2, 0.25) is 0 Å². The lowest BCUT2D eigenvalue weighted by atomic mass is 10.1. The molecule has 29 heavy (non-hydrogen) atoms. The number of ether oxygens (including phenoxy) is 2. The van der Waals surface area contributed by atoms with E-state index in [4.69, 9.17) is 15.2 Å². The van der Waals surface area contributed by atoms with E-state index in [1.54, 1.807) is 30.3 Å². The normalized spacial score (nSPS) is 10.8. The predicted molar refractivity (Wildman–Crippen MR) is 109 cm³/mol. The van der Waals surface area contributed by atoms with Crippen LogP contribution in [0, 0.1) is 5.82 Å². The maximum Gasteiger partial charge on any atom is 0.248 e. The highest BCUT2D eigenvalue weighted by Crippen LogP contribution is 2.37. The van der Waals surface area contributed by atoms with Gasteiger partial charge in [-0.25, -0.2) is 14.4 Å². The summed E-state index contributed by atoms with van der Waals surface area (Å²) < 4.78 is 25.1. The minimum atomic E-state index is -0.488. The van der Waals surface area contributed by atoms with Gasteiger partial charge < -0.3 is 15.2 Å². The van der Waals surface area contributed by atoms with E-state index in [2.05, 4.69) is 9.97 Å². The number of carbonyl (C=O) groups excluding carboxylic acids is 1. The van der Waals surface area contributed by atoms with Crippen molar-refractivity contribution in [3.05, 3.63) is 71.6 Å². The molecule has 6 nitrogen and oxygen atoms in total. The molecule has 0 saturated carbocycles. The van der Waals surface area contributed by atoms with Crippen molar-refractivity contribution in [2.24, 2.45) is 5.73 Å². The lowest BCUT2D eigenvalue weighted by Crippen LogP contribution is -2.11. The van der Waals surface area contributed by atoms with Gasteiger partial charge in [0, 0.05) is 16.5 Å². The molecular weight excluding hydrogens is 393 g/mol. The molecule has 0 aliphatic rings. The Morgan fingerprint density at radius 2 is 1.86 bits per heavy atom. The van der Waals surface area contributed by atoms with Gasteiger partial charge in [-0.2, -0.15) is 0 Å². The van der Waals surface area contributed by atoms with E-state index >= 15 is 0 Å².